The summed E-state index contributed by atoms with van der Waals surface area (Å²) in [7, 11) is 0. The number of likely N-dealkylation sites (tertiary alicyclic amines) is 1. The number of anilines is 1. The number of hydrogen-bond donors (Lipinski definition) is 1. The number of rotatable bonds is 3. The first-order valence-electron chi connectivity index (χ1n) is 8.96. The Balaban J connectivity index is 1.38. The van der Waals surface area contributed by atoms with Crippen molar-refractivity contribution in [1.82, 2.24) is 14.9 Å². The number of nitrogens with one attached hydrogen (secondary N) is 1. The first kappa shape index (κ1) is 17.1. The van der Waals surface area contributed by atoms with E-state index in [4.69, 9.17) is 11.6 Å². The summed E-state index contributed by atoms with van der Waals surface area (Å²) < 4.78 is 0. The number of carbonyl (C=O) groups excluding carboxylic acids is 2. The molecule has 2 aromatic rings. The van der Waals surface area contributed by atoms with E-state index >= 15 is 0 Å². The van der Waals surface area contributed by atoms with Crippen molar-refractivity contribution in [2.24, 2.45) is 5.92 Å². The van der Waals surface area contributed by atoms with Gasteiger partial charge in [0.2, 0.25) is 11.8 Å². The maximum atomic E-state index is 12.9. The van der Waals surface area contributed by atoms with Crippen LogP contribution in [0.2, 0.25) is 5.02 Å². The van der Waals surface area contributed by atoms with Crippen LogP contribution in [-0.4, -0.2) is 46.3 Å². The van der Waals surface area contributed by atoms with Gasteiger partial charge in [0, 0.05) is 55.1 Å². The number of amides is 2. The largest absolute Gasteiger partial charge is 0.348 e. The van der Waals surface area contributed by atoms with Crippen molar-refractivity contribution >= 4 is 29.1 Å². The van der Waals surface area contributed by atoms with Gasteiger partial charge in [-0.05, 0) is 31.0 Å². The van der Waals surface area contributed by atoms with Crippen LogP contribution in [0.3, 0.4) is 0 Å². The zero-order valence-electron chi connectivity index (χ0n) is 14.4. The third kappa shape index (κ3) is 3.33. The summed E-state index contributed by atoms with van der Waals surface area (Å²) in [5.41, 5.74) is 0.759. The smallest absolute Gasteiger partial charge is 0.228 e. The molecule has 4 rings (SSSR count). The lowest BCUT2D eigenvalue weighted by Gasteiger charge is -2.32. The van der Waals surface area contributed by atoms with Crippen molar-refractivity contribution in [1.29, 1.82) is 0 Å². The molecule has 26 heavy (non-hydrogen) atoms. The average Bonchev–Trinajstić information content (AvgIpc) is 3.31. The Bertz CT molecular complexity index is 800. The van der Waals surface area contributed by atoms with Gasteiger partial charge >= 0.3 is 0 Å². The van der Waals surface area contributed by atoms with Crippen LogP contribution in [-0.2, 0) is 9.59 Å². The Morgan fingerprint density at radius 1 is 1.27 bits per heavy atom. The summed E-state index contributed by atoms with van der Waals surface area (Å²) in [5.74, 6) is 1.17. The van der Waals surface area contributed by atoms with Gasteiger partial charge in [0.25, 0.3) is 0 Å². The lowest BCUT2D eigenvalue weighted by Crippen LogP contribution is -2.42. The van der Waals surface area contributed by atoms with E-state index in [0.717, 1.165) is 24.4 Å². The van der Waals surface area contributed by atoms with Crippen molar-refractivity contribution in [3.63, 3.8) is 0 Å². The molecule has 1 N–H and O–H groups in total. The molecule has 1 atom stereocenters. The predicted molar refractivity (Wildman–Crippen MR) is 99.1 cm³/mol. The molecule has 0 aliphatic carbocycles. The molecule has 2 amide bonds. The predicted octanol–water partition coefficient (Wildman–Crippen LogP) is 2.82. The highest BCUT2D eigenvalue weighted by Gasteiger charge is 2.38. The lowest BCUT2D eigenvalue weighted by atomic mass is 9.95. The highest BCUT2D eigenvalue weighted by molar-refractivity contribution is 6.31. The van der Waals surface area contributed by atoms with E-state index in [1.165, 1.54) is 0 Å². The standard InChI is InChI=1S/C19H21ClN4O2/c20-15-2-1-3-16(11-15)24-12-14(10-17(24)25)19(26)23-8-4-13(5-9-23)18-21-6-7-22-18/h1-3,6-7,11,13-14H,4-5,8-10,12H2,(H,21,22)/t14-/m0/s1. The van der Waals surface area contributed by atoms with E-state index in [0.29, 0.717) is 30.6 Å². The molecule has 1 aromatic heterocycles. The van der Waals surface area contributed by atoms with Gasteiger partial charge in [-0.25, -0.2) is 4.98 Å². The Morgan fingerprint density at radius 2 is 2.08 bits per heavy atom. The van der Waals surface area contributed by atoms with Gasteiger partial charge < -0.3 is 14.8 Å². The lowest BCUT2D eigenvalue weighted by molar-refractivity contribution is -0.136. The molecule has 6 nitrogen and oxygen atoms in total. The summed E-state index contributed by atoms with van der Waals surface area (Å²) in [6.07, 6.45) is 5.67. The highest BCUT2D eigenvalue weighted by atomic mass is 35.5. The molecule has 0 bridgehead atoms. The molecular weight excluding hydrogens is 352 g/mol. The van der Waals surface area contributed by atoms with Crippen molar-refractivity contribution in [3.05, 3.63) is 47.5 Å². The van der Waals surface area contributed by atoms with Gasteiger partial charge in [0.15, 0.2) is 0 Å². The number of nitrogens with zero attached hydrogens (tertiary/aromatic N) is 3. The number of carbonyl (C=O) groups is 2. The van der Waals surface area contributed by atoms with Gasteiger partial charge in [0.1, 0.15) is 5.82 Å². The van der Waals surface area contributed by atoms with Gasteiger partial charge in [-0.15, -0.1) is 0 Å². The monoisotopic (exact) mass is 372 g/mol. The first-order valence-corrected chi connectivity index (χ1v) is 9.33. The fourth-order valence-electron chi connectivity index (χ4n) is 3.90. The topological polar surface area (TPSA) is 69.3 Å². The third-order valence-electron chi connectivity index (χ3n) is 5.31. The minimum atomic E-state index is -0.276. The van der Waals surface area contributed by atoms with E-state index in [-0.39, 0.29) is 24.2 Å². The van der Waals surface area contributed by atoms with Crippen molar-refractivity contribution in [2.45, 2.75) is 25.2 Å². The highest BCUT2D eigenvalue weighted by Crippen LogP contribution is 2.30. The second-order valence-electron chi connectivity index (χ2n) is 6.96. The van der Waals surface area contributed by atoms with Crippen LogP contribution < -0.4 is 4.90 Å². The maximum absolute atomic E-state index is 12.9. The number of H-pyrrole nitrogens is 1. The quantitative estimate of drug-likeness (QED) is 0.900. The van der Waals surface area contributed by atoms with Crippen molar-refractivity contribution in [3.8, 4) is 0 Å². The van der Waals surface area contributed by atoms with Gasteiger partial charge in [-0.1, -0.05) is 17.7 Å². The summed E-state index contributed by atoms with van der Waals surface area (Å²) in [6, 6.07) is 7.21. The number of halogens is 1. The van der Waals surface area contributed by atoms with E-state index in [9.17, 15) is 9.59 Å². The molecule has 136 valence electrons. The molecule has 2 fully saturated rings. The average molecular weight is 373 g/mol. The molecule has 2 saturated heterocycles. The second kappa shape index (κ2) is 7.11. The number of aromatic nitrogens is 2. The fourth-order valence-corrected chi connectivity index (χ4v) is 4.08. The Labute approximate surface area is 157 Å². The molecule has 0 unspecified atom stereocenters. The van der Waals surface area contributed by atoms with E-state index in [1.54, 1.807) is 23.2 Å². The second-order valence-corrected chi connectivity index (χ2v) is 7.40. The Kier molecular flexibility index (Phi) is 4.68. The molecule has 3 heterocycles. The molecule has 0 spiro atoms. The fraction of sp³-hybridized carbons (Fsp3) is 0.421. The van der Waals surface area contributed by atoms with Crippen molar-refractivity contribution in [2.75, 3.05) is 24.5 Å². The SMILES string of the molecule is O=C([C@H]1CC(=O)N(c2cccc(Cl)c2)C1)N1CCC(c2ncc[nH]2)CC1. The summed E-state index contributed by atoms with van der Waals surface area (Å²) in [6.45, 7) is 1.86. The summed E-state index contributed by atoms with van der Waals surface area (Å²) in [4.78, 5) is 36.3. The van der Waals surface area contributed by atoms with Crippen LogP contribution in [0.5, 0.6) is 0 Å². The van der Waals surface area contributed by atoms with Crippen LogP contribution in [0.1, 0.15) is 31.0 Å². The van der Waals surface area contributed by atoms with Crippen LogP contribution in [0.4, 0.5) is 5.69 Å². The van der Waals surface area contributed by atoms with Gasteiger partial charge in [-0.2, -0.15) is 0 Å². The van der Waals surface area contributed by atoms with E-state index < -0.39 is 0 Å². The number of aromatic amines is 1. The van der Waals surface area contributed by atoms with Crippen LogP contribution in [0.15, 0.2) is 36.7 Å². The Morgan fingerprint density at radius 3 is 2.77 bits per heavy atom. The third-order valence-corrected chi connectivity index (χ3v) is 5.54. The summed E-state index contributed by atoms with van der Waals surface area (Å²) >= 11 is 6.03. The number of benzene rings is 1. The molecule has 2 aliphatic rings. The van der Waals surface area contributed by atoms with E-state index in [2.05, 4.69) is 9.97 Å². The summed E-state index contributed by atoms with van der Waals surface area (Å²) in [5, 5.41) is 0.588. The number of hydrogen-bond acceptors (Lipinski definition) is 3. The number of imidazole rings is 1. The maximum Gasteiger partial charge on any atom is 0.228 e. The first-order chi connectivity index (χ1) is 12.6. The minimum Gasteiger partial charge on any atom is -0.348 e. The zero-order valence-corrected chi connectivity index (χ0v) is 15.2. The normalized spacial score (nSPS) is 21.4. The minimum absolute atomic E-state index is 0.0175. The van der Waals surface area contributed by atoms with Crippen LogP contribution >= 0.6 is 11.6 Å². The van der Waals surface area contributed by atoms with Gasteiger partial charge in [0.05, 0.1) is 5.92 Å². The van der Waals surface area contributed by atoms with Crippen LogP contribution in [0, 0.1) is 5.92 Å². The molecule has 2 aliphatic heterocycles. The molecule has 1 aromatic carbocycles. The molecule has 7 heteroatoms. The van der Waals surface area contributed by atoms with E-state index in [1.807, 2.05) is 23.2 Å². The van der Waals surface area contributed by atoms with Crippen molar-refractivity contribution < 1.29 is 9.59 Å². The number of piperidine rings is 1. The molecule has 0 radical (unpaired) electrons. The van der Waals surface area contributed by atoms with Gasteiger partial charge in [-0.3, -0.25) is 9.59 Å². The molecular formula is C19H21ClN4O2. The zero-order chi connectivity index (χ0) is 18.1. The Hall–Kier alpha value is -2.34. The molecule has 0 saturated carbocycles. The van der Waals surface area contributed by atoms with Crippen LogP contribution in [0.25, 0.3) is 0 Å².